The van der Waals surface area contributed by atoms with Gasteiger partial charge in [0.05, 0.1) is 6.54 Å². The van der Waals surface area contributed by atoms with Gasteiger partial charge in [0.2, 0.25) is 11.8 Å². The van der Waals surface area contributed by atoms with E-state index in [9.17, 15) is 14.4 Å². The predicted molar refractivity (Wildman–Crippen MR) is 109 cm³/mol. The summed E-state index contributed by atoms with van der Waals surface area (Å²) in [5, 5.41) is 14.3. The van der Waals surface area contributed by atoms with Crippen molar-refractivity contribution in [1.82, 2.24) is 10.6 Å². The molecule has 0 aliphatic heterocycles. The van der Waals surface area contributed by atoms with Gasteiger partial charge in [-0.25, -0.2) is 4.79 Å². The zero-order valence-corrected chi connectivity index (χ0v) is 17.2. The largest absolute Gasteiger partial charge is 0.478 e. The Morgan fingerprint density at radius 1 is 1.11 bits per heavy atom. The van der Waals surface area contributed by atoms with Crippen molar-refractivity contribution in [2.45, 2.75) is 77.6 Å². The fourth-order valence-electron chi connectivity index (χ4n) is 4.26. The number of rotatable bonds is 12. The lowest BCUT2D eigenvalue weighted by molar-refractivity contribution is -0.131. The molecule has 0 heterocycles. The molecule has 2 aliphatic rings. The lowest BCUT2D eigenvalue weighted by Crippen LogP contribution is -2.40. The molecule has 0 aromatic heterocycles. The molecule has 0 radical (unpaired) electrons. The molecule has 2 fully saturated rings. The normalized spacial score (nSPS) is 19.9. The van der Waals surface area contributed by atoms with Crippen LogP contribution in [0, 0.1) is 17.3 Å². The van der Waals surface area contributed by atoms with Crippen LogP contribution in [-0.2, 0) is 14.4 Å². The number of aliphatic carboxylic acids is 1. The summed E-state index contributed by atoms with van der Waals surface area (Å²) >= 11 is 0. The van der Waals surface area contributed by atoms with Gasteiger partial charge in [-0.05, 0) is 49.4 Å². The van der Waals surface area contributed by atoms with E-state index in [4.69, 9.17) is 5.11 Å². The summed E-state index contributed by atoms with van der Waals surface area (Å²) in [6, 6.07) is 0. The van der Waals surface area contributed by atoms with Crippen LogP contribution in [0.2, 0.25) is 0 Å². The zero-order chi connectivity index (χ0) is 20.4. The Bertz CT molecular complexity index is 563. The Balaban J connectivity index is 1.56. The van der Waals surface area contributed by atoms with E-state index < -0.39 is 5.97 Å². The molecule has 0 bridgehead atoms. The van der Waals surface area contributed by atoms with E-state index in [0.717, 1.165) is 31.6 Å². The first-order chi connectivity index (χ1) is 13.4. The third kappa shape index (κ3) is 8.03. The lowest BCUT2D eigenvalue weighted by atomic mass is 9.86. The van der Waals surface area contributed by atoms with Crippen LogP contribution in [0.25, 0.3) is 0 Å². The summed E-state index contributed by atoms with van der Waals surface area (Å²) in [6.45, 7) is 2.72. The van der Waals surface area contributed by atoms with E-state index in [1.807, 2.05) is 0 Å². The molecule has 0 aromatic rings. The van der Waals surface area contributed by atoms with Crippen LogP contribution >= 0.6 is 0 Å². The summed E-state index contributed by atoms with van der Waals surface area (Å²) < 4.78 is 0. The Hall–Kier alpha value is -1.85. The van der Waals surface area contributed by atoms with Crippen molar-refractivity contribution in [3.05, 3.63) is 12.2 Å². The van der Waals surface area contributed by atoms with Gasteiger partial charge in [-0.2, -0.15) is 0 Å². The number of allylic oxidation sites excluding steroid dienone is 1. The van der Waals surface area contributed by atoms with Gasteiger partial charge in [0.25, 0.3) is 0 Å². The first kappa shape index (κ1) is 22.4. The van der Waals surface area contributed by atoms with Crippen molar-refractivity contribution >= 4 is 17.8 Å². The molecular formula is C22H36N2O4. The molecule has 1 unspecified atom stereocenters. The van der Waals surface area contributed by atoms with E-state index in [2.05, 4.69) is 17.6 Å². The van der Waals surface area contributed by atoms with Crippen molar-refractivity contribution in [2.24, 2.45) is 17.3 Å². The van der Waals surface area contributed by atoms with Gasteiger partial charge in [0.15, 0.2) is 0 Å². The van der Waals surface area contributed by atoms with Crippen LogP contribution < -0.4 is 10.6 Å². The predicted octanol–water partition coefficient (Wildman–Crippen LogP) is 3.42. The Labute approximate surface area is 168 Å². The molecule has 2 amide bonds. The average Bonchev–Trinajstić information content (AvgIpc) is 3.46. The number of carboxylic acid groups (broad SMARTS) is 1. The molecule has 3 N–H and O–H groups in total. The third-order valence-corrected chi connectivity index (χ3v) is 6.51. The first-order valence-electron chi connectivity index (χ1n) is 10.8. The maximum absolute atomic E-state index is 12.1. The monoisotopic (exact) mass is 392 g/mol. The number of carbonyl (C=O) groups excluding carboxylic acids is 2. The minimum atomic E-state index is -0.931. The molecule has 0 aromatic carbocycles. The summed E-state index contributed by atoms with van der Waals surface area (Å²) in [7, 11) is 0. The quantitative estimate of drug-likeness (QED) is 0.444. The van der Waals surface area contributed by atoms with Crippen LogP contribution in [-0.4, -0.2) is 36.0 Å². The first-order valence-corrected chi connectivity index (χ1v) is 10.8. The van der Waals surface area contributed by atoms with Gasteiger partial charge in [-0.3, -0.25) is 9.59 Å². The zero-order valence-electron chi connectivity index (χ0n) is 17.2. The Morgan fingerprint density at radius 2 is 1.82 bits per heavy atom. The van der Waals surface area contributed by atoms with Gasteiger partial charge in [0, 0.05) is 19.0 Å². The topological polar surface area (TPSA) is 95.5 Å². The SMILES string of the molecule is CC(C/C=C\C(=O)O)C1(CNC(=O)CNC(=O)CCCC2CCCCC2)CC1. The maximum atomic E-state index is 12.1. The smallest absolute Gasteiger partial charge is 0.327 e. The van der Waals surface area contributed by atoms with E-state index in [1.54, 1.807) is 6.08 Å². The number of nitrogens with one attached hydrogen (secondary N) is 2. The van der Waals surface area contributed by atoms with Crippen LogP contribution in [0.3, 0.4) is 0 Å². The van der Waals surface area contributed by atoms with E-state index in [-0.39, 0.29) is 23.8 Å². The van der Waals surface area contributed by atoms with Gasteiger partial charge < -0.3 is 15.7 Å². The Morgan fingerprint density at radius 3 is 2.46 bits per heavy atom. The van der Waals surface area contributed by atoms with E-state index in [0.29, 0.717) is 25.3 Å². The highest BCUT2D eigenvalue weighted by atomic mass is 16.4. The number of amides is 2. The highest BCUT2D eigenvalue weighted by molar-refractivity contribution is 5.84. The number of carboxylic acids is 1. The van der Waals surface area contributed by atoms with Crippen molar-refractivity contribution in [1.29, 1.82) is 0 Å². The third-order valence-electron chi connectivity index (χ3n) is 6.51. The molecule has 0 saturated heterocycles. The van der Waals surface area contributed by atoms with Gasteiger partial charge >= 0.3 is 5.97 Å². The van der Waals surface area contributed by atoms with Gasteiger partial charge in [0.1, 0.15) is 0 Å². The van der Waals surface area contributed by atoms with Crippen LogP contribution in [0.5, 0.6) is 0 Å². The summed E-state index contributed by atoms with van der Waals surface area (Å²) in [4.78, 5) is 34.5. The second kappa shape index (κ2) is 11.2. The van der Waals surface area contributed by atoms with Gasteiger partial charge in [-0.1, -0.05) is 45.1 Å². The van der Waals surface area contributed by atoms with E-state index >= 15 is 0 Å². The molecule has 2 aliphatic carbocycles. The standard InChI is InChI=1S/C22H36N2O4/c1-17(7-5-12-21(27)28)22(13-14-22)16-24-20(26)15-23-19(25)11-6-10-18-8-3-2-4-9-18/h5,12,17-18H,2-4,6-11,13-16H2,1H3,(H,23,25)(H,24,26)(H,27,28)/b12-5-. The molecular weight excluding hydrogens is 356 g/mol. The molecule has 0 spiro atoms. The van der Waals surface area contributed by atoms with E-state index in [1.165, 1.54) is 38.2 Å². The molecule has 28 heavy (non-hydrogen) atoms. The lowest BCUT2D eigenvalue weighted by Gasteiger charge is -2.23. The van der Waals surface area contributed by atoms with Crippen LogP contribution in [0.15, 0.2) is 12.2 Å². The minimum absolute atomic E-state index is 0.0334. The molecule has 6 heteroatoms. The number of hydrogen-bond acceptors (Lipinski definition) is 3. The molecule has 1 atom stereocenters. The summed E-state index contributed by atoms with van der Waals surface area (Å²) in [5.74, 6) is -0.0241. The fourth-order valence-corrected chi connectivity index (χ4v) is 4.26. The highest BCUT2D eigenvalue weighted by Crippen LogP contribution is 2.52. The van der Waals surface area contributed by atoms with Crippen molar-refractivity contribution in [2.75, 3.05) is 13.1 Å². The van der Waals surface area contributed by atoms with Crippen molar-refractivity contribution in [3.8, 4) is 0 Å². The second-order valence-corrected chi connectivity index (χ2v) is 8.69. The second-order valence-electron chi connectivity index (χ2n) is 8.69. The fraction of sp³-hybridized carbons (Fsp3) is 0.773. The highest BCUT2D eigenvalue weighted by Gasteiger charge is 2.46. The Kier molecular flexibility index (Phi) is 9.00. The molecule has 6 nitrogen and oxygen atoms in total. The van der Waals surface area contributed by atoms with Crippen LogP contribution in [0.4, 0.5) is 0 Å². The number of hydrogen-bond donors (Lipinski definition) is 3. The number of carbonyl (C=O) groups is 3. The minimum Gasteiger partial charge on any atom is -0.478 e. The average molecular weight is 393 g/mol. The van der Waals surface area contributed by atoms with Crippen molar-refractivity contribution in [3.63, 3.8) is 0 Å². The maximum Gasteiger partial charge on any atom is 0.327 e. The van der Waals surface area contributed by atoms with Crippen LogP contribution in [0.1, 0.15) is 77.6 Å². The van der Waals surface area contributed by atoms with Gasteiger partial charge in [-0.15, -0.1) is 0 Å². The molecule has 2 rings (SSSR count). The summed E-state index contributed by atoms with van der Waals surface area (Å²) in [6.07, 6.45) is 14.8. The summed E-state index contributed by atoms with van der Waals surface area (Å²) in [5.41, 5.74) is 0.0719. The molecule has 158 valence electrons. The van der Waals surface area contributed by atoms with Crippen molar-refractivity contribution < 1.29 is 19.5 Å². The molecule has 2 saturated carbocycles.